The Bertz CT molecular complexity index is 550. The van der Waals surface area contributed by atoms with E-state index in [2.05, 4.69) is 44.7 Å². The largest absolute Gasteiger partial charge is 0.254 e. The van der Waals surface area contributed by atoms with Crippen LogP contribution in [0.5, 0.6) is 0 Å². The fraction of sp³-hybridized carbons (Fsp3) is 0.538. The van der Waals surface area contributed by atoms with Crippen LogP contribution >= 0.6 is 0 Å². The SMILES string of the molecule is Cc1nn2c(C)c(C)nc(C)c2c1C(C)C. The molecule has 3 heteroatoms. The van der Waals surface area contributed by atoms with Crippen LogP contribution in [0.3, 0.4) is 0 Å². The smallest absolute Gasteiger partial charge is 0.0914 e. The molecule has 0 saturated heterocycles. The van der Waals surface area contributed by atoms with Gasteiger partial charge in [0, 0.05) is 5.56 Å². The van der Waals surface area contributed by atoms with Crippen molar-refractivity contribution in [2.24, 2.45) is 0 Å². The molecule has 0 amide bonds. The van der Waals surface area contributed by atoms with E-state index in [-0.39, 0.29) is 0 Å². The number of nitrogens with zero attached hydrogens (tertiary/aromatic N) is 3. The average Bonchev–Trinajstić information content (AvgIpc) is 2.52. The van der Waals surface area contributed by atoms with Crippen molar-refractivity contribution >= 4 is 5.52 Å². The fourth-order valence-corrected chi connectivity index (χ4v) is 2.36. The Labute approximate surface area is 96.5 Å². The second kappa shape index (κ2) is 3.58. The quantitative estimate of drug-likeness (QED) is 0.734. The van der Waals surface area contributed by atoms with E-state index in [1.165, 1.54) is 11.1 Å². The Balaban J connectivity index is 2.95. The first-order valence-corrected chi connectivity index (χ1v) is 5.76. The van der Waals surface area contributed by atoms with Gasteiger partial charge in [0.1, 0.15) is 0 Å². The summed E-state index contributed by atoms with van der Waals surface area (Å²) in [6.07, 6.45) is 0. The van der Waals surface area contributed by atoms with Crippen LogP contribution in [0.25, 0.3) is 5.52 Å². The van der Waals surface area contributed by atoms with Gasteiger partial charge in [-0.1, -0.05) is 13.8 Å². The molecule has 0 unspecified atom stereocenters. The lowest BCUT2D eigenvalue weighted by molar-refractivity contribution is 0.852. The summed E-state index contributed by atoms with van der Waals surface area (Å²) in [7, 11) is 0. The van der Waals surface area contributed by atoms with Gasteiger partial charge in [0.2, 0.25) is 0 Å². The van der Waals surface area contributed by atoms with E-state index in [1.54, 1.807) is 0 Å². The molecule has 0 aliphatic carbocycles. The molecule has 0 aliphatic heterocycles. The zero-order chi connectivity index (χ0) is 12.0. The predicted octanol–water partition coefficient (Wildman–Crippen LogP) is 3.09. The number of fused-ring (bicyclic) bond motifs is 1. The van der Waals surface area contributed by atoms with Gasteiger partial charge in [-0.25, -0.2) is 4.52 Å². The minimum atomic E-state index is 0.486. The first-order chi connectivity index (χ1) is 7.43. The Morgan fingerprint density at radius 2 is 1.56 bits per heavy atom. The normalized spacial score (nSPS) is 11.7. The number of aromatic nitrogens is 3. The Morgan fingerprint density at radius 1 is 0.938 bits per heavy atom. The Hall–Kier alpha value is -1.38. The number of hydrogen-bond donors (Lipinski definition) is 0. The van der Waals surface area contributed by atoms with Gasteiger partial charge in [-0.15, -0.1) is 0 Å². The summed E-state index contributed by atoms with van der Waals surface area (Å²) in [5.41, 5.74) is 6.91. The van der Waals surface area contributed by atoms with E-state index >= 15 is 0 Å². The third-order valence-corrected chi connectivity index (χ3v) is 3.20. The molecule has 2 aromatic heterocycles. The van der Waals surface area contributed by atoms with Gasteiger partial charge in [-0.2, -0.15) is 5.10 Å². The van der Waals surface area contributed by atoms with E-state index in [1.807, 2.05) is 11.4 Å². The lowest BCUT2D eigenvalue weighted by atomic mass is 10.0. The van der Waals surface area contributed by atoms with Crippen molar-refractivity contribution < 1.29 is 0 Å². The van der Waals surface area contributed by atoms with E-state index in [9.17, 15) is 0 Å². The molecule has 0 atom stereocenters. The predicted molar refractivity (Wildman–Crippen MR) is 66.0 cm³/mol. The topological polar surface area (TPSA) is 30.2 Å². The van der Waals surface area contributed by atoms with Crippen molar-refractivity contribution in [2.45, 2.75) is 47.5 Å². The fourth-order valence-electron chi connectivity index (χ4n) is 2.36. The monoisotopic (exact) mass is 217 g/mol. The summed E-state index contributed by atoms with van der Waals surface area (Å²) >= 11 is 0. The highest BCUT2D eigenvalue weighted by Gasteiger charge is 2.17. The van der Waals surface area contributed by atoms with E-state index in [4.69, 9.17) is 0 Å². The molecule has 2 aromatic rings. The van der Waals surface area contributed by atoms with Crippen molar-refractivity contribution in [1.82, 2.24) is 14.6 Å². The number of hydrogen-bond acceptors (Lipinski definition) is 2. The molecule has 0 aliphatic rings. The van der Waals surface area contributed by atoms with Crippen molar-refractivity contribution in [3.05, 3.63) is 28.3 Å². The highest BCUT2D eigenvalue weighted by molar-refractivity contribution is 5.62. The van der Waals surface area contributed by atoms with Gasteiger partial charge >= 0.3 is 0 Å². The van der Waals surface area contributed by atoms with Crippen LogP contribution < -0.4 is 0 Å². The van der Waals surface area contributed by atoms with Crippen molar-refractivity contribution in [1.29, 1.82) is 0 Å². The lowest BCUT2D eigenvalue weighted by Gasteiger charge is -2.09. The summed E-state index contributed by atoms with van der Waals surface area (Å²) in [6.45, 7) is 12.7. The molecular weight excluding hydrogens is 198 g/mol. The van der Waals surface area contributed by atoms with Gasteiger partial charge in [0.15, 0.2) is 0 Å². The number of aryl methyl sites for hydroxylation is 4. The van der Waals surface area contributed by atoms with Crippen LogP contribution in [0.15, 0.2) is 0 Å². The Morgan fingerprint density at radius 3 is 2.12 bits per heavy atom. The molecule has 16 heavy (non-hydrogen) atoms. The molecule has 0 spiro atoms. The molecule has 0 aromatic carbocycles. The first-order valence-electron chi connectivity index (χ1n) is 5.76. The highest BCUT2D eigenvalue weighted by Crippen LogP contribution is 2.27. The van der Waals surface area contributed by atoms with Crippen molar-refractivity contribution in [2.75, 3.05) is 0 Å². The molecule has 86 valence electrons. The molecule has 0 N–H and O–H groups in total. The van der Waals surface area contributed by atoms with Gasteiger partial charge in [0.25, 0.3) is 0 Å². The zero-order valence-electron chi connectivity index (χ0n) is 10.9. The van der Waals surface area contributed by atoms with Crippen LogP contribution in [-0.4, -0.2) is 14.6 Å². The highest BCUT2D eigenvalue weighted by atomic mass is 15.2. The Kier molecular flexibility index (Phi) is 2.49. The van der Waals surface area contributed by atoms with E-state index < -0.39 is 0 Å². The van der Waals surface area contributed by atoms with Gasteiger partial charge < -0.3 is 0 Å². The standard InChI is InChI=1S/C13H19N3/c1-7(2)12-9(4)15-16-11(6)8(3)14-10(5)13(12)16/h7H,1-6H3. The summed E-state index contributed by atoms with van der Waals surface area (Å²) in [6, 6.07) is 0. The van der Waals surface area contributed by atoms with Crippen LogP contribution in [0.4, 0.5) is 0 Å². The minimum absolute atomic E-state index is 0.486. The third kappa shape index (κ3) is 1.42. The summed E-state index contributed by atoms with van der Waals surface area (Å²) in [4.78, 5) is 4.60. The van der Waals surface area contributed by atoms with Gasteiger partial charge in [0.05, 0.1) is 28.3 Å². The summed E-state index contributed by atoms with van der Waals surface area (Å²) in [5.74, 6) is 0.486. The maximum absolute atomic E-state index is 4.63. The zero-order valence-corrected chi connectivity index (χ0v) is 10.9. The molecule has 0 fully saturated rings. The summed E-state index contributed by atoms with van der Waals surface area (Å²) in [5, 5.41) is 4.63. The van der Waals surface area contributed by atoms with Crippen LogP contribution in [0.2, 0.25) is 0 Å². The van der Waals surface area contributed by atoms with E-state index in [0.29, 0.717) is 5.92 Å². The second-order valence-corrected chi connectivity index (χ2v) is 4.78. The van der Waals surface area contributed by atoms with Gasteiger partial charge in [-0.3, -0.25) is 4.98 Å². The van der Waals surface area contributed by atoms with Crippen molar-refractivity contribution in [3.63, 3.8) is 0 Å². The molecule has 0 radical (unpaired) electrons. The molecular formula is C13H19N3. The summed E-state index contributed by atoms with van der Waals surface area (Å²) < 4.78 is 2.04. The lowest BCUT2D eigenvalue weighted by Crippen LogP contribution is -2.02. The van der Waals surface area contributed by atoms with Crippen LogP contribution in [-0.2, 0) is 0 Å². The maximum Gasteiger partial charge on any atom is 0.0914 e. The second-order valence-electron chi connectivity index (χ2n) is 4.78. The maximum atomic E-state index is 4.63. The van der Waals surface area contributed by atoms with Crippen molar-refractivity contribution in [3.8, 4) is 0 Å². The molecule has 0 bridgehead atoms. The average molecular weight is 217 g/mol. The molecule has 2 rings (SSSR count). The minimum Gasteiger partial charge on any atom is -0.254 e. The number of rotatable bonds is 1. The third-order valence-electron chi connectivity index (χ3n) is 3.20. The van der Waals surface area contributed by atoms with E-state index in [0.717, 1.165) is 22.8 Å². The molecule has 3 nitrogen and oxygen atoms in total. The molecule has 2 heterocycles. The first kappa shape index (κ1) is 11.1. The van der Waals surface area contributed by atoms with Crippen LogP contribution in [0, 0.1) is 27.7 Å². The van der Waals surface area contributed by atoms with Crippen LogP contribution in [0.1, 0.15) is 48.1 Å². The van der Waals surface area contributed by atoms with Gasteiger partial charge in [-0.05, 0) is 33.6 Å². The molecule has 0 saturated carbocycles.